The van der Waals surface area contributed by atoms with Crippen molar-refractivity contribution in [1.29, 1.82) is 0 Å². The zero-order valence-corrected chi connectivity index (χ0v) is 11.5. The zero-order valence-electron chi connectivity index (χ0n) is 7.17. The van der Waals surface area contributed by atoms with E-state index in [0.29, 0.717) is 0 Å². The number of aromatic nitrogens is 1. The monoisotopic (exact) mass is 397 g/mol. The van der Waals surface area contributed by atoms with E-state index in [2.05, 4.69) is 62.3 Å². The van der Waals surface area contributed by atoms with Crippen LogP contribution in [0.5, 0.6) is 0 Å². The number of halogens is 2. The summed E-state index contributed by atoms with van der Waals surface area (Å²) in [6.45, 7) is 0. The van der Waals surface area contributed by atoms with Crippen LogP contribution in [-0.2, 0) is 0 Å². The fraction of sp³-hybridized carbons (Fsp3) is 0.100. The number of hydrogen-bond acceptors (Lipinski definition) is 1. The molecule has 2 rings (SSSR count). The molecule has 0 saturated carbocycles. The topological polar surface area (TPSA) is 12.9 Å². The van der Waals surface area contributed by atoms with Crippen molar-refractivity contribution < 1.29 is 0 Å². The van der Waals surface area contributed by atoms with E-state index in [4.69, 9.17) is 0 Å². The molecule has 0 saturated heterocycles. The van der Waals surface area contributed by atoms with Gasteiger partial charge < -0.3 is 0 Å². The van der Waals surface area contributed by atoms with E-state index in [0.717, 1.165) is 9.22 Å². The Labute approximate surface area is 105 Å². The molecule has 0 spiro atoms. The van der Waals surface area contributed by atoms with Crippen molar-refractivity contribution in [2.45, 2.75) is 0 Å². The molecule has 68 valence electrons. The minimum Gasteiger partial charge on any atom is -0.242 e. The summed E-state index contributed by atoms with van der Waals surface area (Å²) in [6.07, 6.45) is 0. The van der Waals surface area contributed by atoms with Crippen LogP contribution < -0.4 is 0 Å². The van der Waals surface area contributed by atoms with Gasteiger partial charge in [-0.1, -0.05) is 46.9 Å². The first-order valence-corrected chi connectivity index (χ1v) is 6.99. The van der Waals surface area contributed by atoms with Crippen LogP contribution in [0.3, 0.4) is 0 Å². The SMILES string of the molecule is CI.Ic1ccc2ccccc2n1. The van der Waals surface area contributed by atoms with Gasteiger partial charge in [0.05, 0.1) is 5.52 Å². The number of para-hydroxylation sites is 1. The van der Waals surface area contributed by atoms with Crippen molar-refractivity contribution in [3.63, 3.8) is 0 Å². The van der Waals surface area contributed by atoms with Crippen molar-refractivity contribution in [2.75, 3.05) is 4.93 Å². The summed E-state index contributed by atoms with van der Waals surface area (Å²) in [5, 5.41) is 1.20. The maximum Gasteiger partial charge on any atom is 0.102 e. The van der Waals surface area contributed by atoms with E-state index in [1.165, 1.54) is 5.39 Å². The highest BCUT2D eigenvalue weighted by atomic mass is 127. The fourth-order valence-corrected chi connectivity index (χ4v) is 1.48. The highest BCUT2D eigenvalue weighted by Gasteiger charge is 1.92. The number of benzene rings is 1. The molecule has 1 nitrogen and oxygen atoms in total. The van der Waals surface area contributed by atoms with Crippen LogP contribution in [0.15, 0.2) is 36.4 Å². The molecule has 0 radical (unpaired) electrons. The van der Waals surface area contributed by atoms with Crippen LogP contribution >= 0.6 is 45.2 Å². The van der Waals surface area contributed by atoms with Crippen molar-refractivity contribution >= 4 is 56.1 Å². The van der Waals surface area contributed by atoms with Crippen LogP contribution in [0.1, 0.15) is 0 Å². The molecular weight excluding hydrogens is 388 g/mol. The molecule has 0 aliphatic heterocycles. The summed E-state index contributed by atoms with van der Waals surface area (Å²) < 4.78 is 1.04. The molecule has 1 aromatic carbocycles. The maximum atomic E-state index is 4.36. The fourth-order valence-electron chi connectivity index (χ4n) is 1.04. The Balaban J connectivity index is 0.000000396. The molecule has 1 aromatic heterocycles. The lowest BCUT2D eigenvalue weighted by atomic mass is 10.2. The minimum atomic E-state index is 1.04. The number of fused-ring (bicyclic) bond motifs is 1. The number of pyridine rings is 1. The highest BCUT2D eigenvalue weighted by molar-refractivity contribution is 14.1. The Bertz CT molecular complexity index is 387. The van der Waals surface area contributed by atoms with E-state index in [1.54, 1.807) is 0 Å². The Morgan fingerprint density at radius 2 is 1.69 bits per heavy atom. The molecule has 0 bridgehead atoms. The first kappa shape index (κ1) is 11.2. The number of nitrogens with zero attached hydrogens (tertiary/aromatic N) is 1. The van der Waals surface area contributed by atoms with Crippen LogP contribution in [0.4, 0.5) is 0 Å². The van der Waals surface area contributed by atoms with Gasteiger partial charge in [0, 0.05) is 5.39 Å². The molecule has 0 amide bonds. The van der Waals surface area contributed by atoms with E-state index in [1.807, 2.05) is 29.2 Å². The van der Waals surface area contributed by atoms with Crippen molar-refractivity contribution in [2.24, 2.45) is 0 Å². The Kier molecular flexibility index (Phi) is 4.93. The number of rotatable bonds is 0. The van der Waals surface area contributed by atoms with E-state index < -0.39 is 0 Å². The van der Waals surface area contributed by atoms with Gasteiger partial charge >= 0.3 is 0 Å². The van der Waals surface area contributed by atoms with Gasteiger partial charge in [0.2, 0.25) is 0 Å². The van der Waals surface area contributed by atoms with Crippen molar-refractivity contribution in [3.05, 3.63) is 40.1 Å². The highest BCUT2D eigenvalue weighted by Crippen LogP contribution is 2.12. The van der Waals surface area contributed by atoms with Gasteiger partial charge in [-0.25, -0.2) is 4.98 Å². The largest absolute Gasteiger partial charge is 0.242 e. The smallest absolute Gasteiger partial charge is 0.102 e. The summed E-state index contributed by atoms with van der Waals surface area (Å²) in [4.78, 5) is 6.33. The second kappa shape index (κ2) is 5.74. The van der Waals surface area contributed by atoms with Gasteiger partial charge in [-0.3, -0.25) is 0 Å². The molecular formula is C10H9I2N. The number of hydrogen-bond donors (Lipinski definition) is 0. The molecule has 3 heteroatoms. The van der Waals surface area contributed by atoms with Gasteiger partial charge in [0.25, 0.3) is 0 Å². The standard InChI is InChI=1S/C9H6IN.CH3I/c10-9-6-5-7-3-1-2-4-8(7)11-9;1-2/h1-6H;1H3. The molecule has 1 heterocycles. The molecule has 0 fully saturated rings. The third kappa shape index (κ3) is 3.05. The zero-order chi connectivity index (χ0) is 9.68. The molecule has 0 N–H and O–H groups in total. The van der Waals surface area contributed by atoms with Crippen LogP contribution in [0.25, 0.3) is 10.9 Å². The first-order valence-electron chi connectivity index (χ1n) is 3.75. The third-order valence-corrected chi connectivity index (χ3v) is 2.17. The second-order valence-electron chi connectivity index (χ2n) is 2.33. The van der Waals surface area contributed by atoms with Gasteiger partial charge in [-0.05, 0) is 39.7 Å². The summed E-state index contributed by atoms with van der Waals surface area (Å²) >= 11 is 4.37. The molecule has 0 aliphatic carbocycles. The quantitative estimate of drug-likeness (QED) is 0.374. The van der Waals surface area contributed by atoms with E-state index >= 15 is 0 Å². The Morgan fingerprint density at radius 1 is 1.00 bits per heavy atom. The van der Waals surface area contributed by atoms with Crippen LogP contribution in [-0.4, -0.2) is 9.91 Å². The van der Waals surface area contributed by atoms with Gasteiger partial charge in [-0.2, -0.15) is 0 Å². The summed E-state index contributed by atoms with van der Waals surface area (Å²) in [7, 11) is 0. The maximum absolute atomic E-state index is 4.36. The van der Waals surface area contributed by atoms with E-state index in [9.17, 15) is 0 Å². The molecule has 2 aromatic rings. The van der Waals surface area contributed by atoms with Gasteiger partial charge in [0.15, 0.2) is 0 Å². The predicted octanol–water partition coefficient (Wildman–Crippen LogP) is 3.89. The Hall–Kier alpha value is 0.0900. The summed E-state index contributed by atoms with van der Waals surface area (Å²) in [5.74, 6) is 0. The lowest BCUT2D eigenvalue weighted by Gasteiger charge is -1.94. The van der Waals surface area contributed by atoms with Gasteiger partial charge in [-0.15, -0.1) is 0 Å². The normalized spacial score (nSPS) is 9.15. The van der Waals surface area contributed by atoms with Crippen LogP contribution in [0.2, 0.25) is 0 Å². The van der Waals surface area contributed by atoms with E-state index in [-0.39, 0.29) is 0 Å². The lowest BCUT2D eigenvalue weighted by molar-refractivity contribution is 1.35. The van der Waals surface area contributed by atoms with Crippen molar-refractivity contribution in [3.8, 4) is 0 Å². The predicted molar refractivity (Wildman–Crippen MR) is 74.4 cm³/mol. The Morgan fingerprint density at radius 3 is 2.46 bits per heavy atom. The molecule has 0 atom stereocenters. The molecule has 13 heavy (non-hydrogen) atoms. The second-order valence-corrected chi connectivity index (χ2v) is 3.43. The lowest BCUT2D eigenvalue weighted by Crippen LogP contribution is -1.80. The average Bonchev–Trinajstić information content (AvgIpc) is 2.21. The third-order valence-electron chi connectivity index (χ3n) is 1.56. The van der Waals surface area contributed by atoms with Gasteiger partial charge in [0.1, 0.15) is 3.70 Å². The summed E-state index contributed by atoms with van der Waals surface area (Å²) in [6, 6.07) is 12.2. The summed E-state index contributed by atoms with van der Waals surface area (Å²) in [5.41, 5.74) is 1.07. The van der Waals surface area contributed by atoms with Crippen molar-refractivity contribution in [1.82, 2.24) is 4.98 Å². The van der Waals surface area contributed by atoms with Crippen LogP contribution in [0, 0.1) is 3.70 Å². The first-order chi connectivity index (χ1) is 6.36. The average molecular weight is 397 g/mol. The number of alkyl halides is 1. The minimum absolute atomic E-state index is 1.04. The molecule has 0 aliphatic rings. The molecule has 0 unspecified atom stereocenters.